The number of carbonyl (C=O) groups excluding carboxylic acids is 1. The van der Waals surface area contributed by atoms with E-state index >= 15 is 0 Å². The van der Waals surface area contributed by atoms with Crippen molar-refractivity contribution < 1.29 is 18.0 Å². The molecule has 3 rings (SSSR count). The maximum Gasteiger partial charge on any atom is 0.416 e. The summed E-state index contributed by atoms with van der Waals surface area (Å²) in [5, 5.41) is 4.89. The monoisotopic (exact) mass is 461 g/mol. The van der Waals surface area contributed by atoms with E-state index in [1.807, 2.05) is 18.7 Å². The van der Waals surface area contributed by atoms with Crippen molar-refractivity contribution >= 4 is 17.5 Å². The van der Waals surface area contributed by atoms with E-state index in [1.54, 1.807) is 6.07 Å². The molecular weight excluding hydrogens is 431 g/mol. The number of amides is 2. The smallest absolute Gasteiger partial charge is 0.308 e. The number of piperazine rings is 1. The number of anilines is 2. The molecule has 33 heavy (non-hydrogen) atoms. The van der Waals surface area contributed by atoms with Crippen molar-refractivity contribution in [1.82, 2.24) is 14.8 Å². The Morgan fingerprint density at radius 2 is 1.76 bits per heavy atom. The molecule has 0 unspecified atom stereocenters. The summed E-state index contributed by atoms with van der Waals surface area (Å²) >= 11 is 0. The van der Waals surface area contributed by atoms with Crippen LogP contribution in [0.5, 0.6) is 0 Å². The maximum absolute atomic E-state index is 13.7. The van der Waals surface area contributed by atoms with Crippen LogP contribution in [0.2, 0.25) is 0 Å². The fourth-order valence-corrected chi connectivity index (χ4v) is 3.43. The summed E-state index contributed by atoms with van der Waals surface area (Å²) in [6.07, 6.45) is 2.21. The fraction of sp³-hybridized carbons (Fsp3) is 0.417. The van der Waals surface area contributed by atoms with Gasteiger partial charge in [0.2, 0.25) is 0 Å². The highest BCUT2D eigenvalue weighted by Gasteiger charge is 2.34. The van der Waals surface area contributed by atoms with Crippen LogP contribution in [0, 0.1) is 12.3 Å². The Morgan fingerprint density at radius 3 is 2.36 bits per heavy atom. The van der Waals surface area contributed by atoms with Crippen LogP contribution in [0.4, 0.5) is 29.5 Å². The molecule has 1 aromatic carbocycles. The van der Waals surface area contributed by atoms with E-state index in [9.17, 15) is 18.0 Å². The highest BCUT2D eigenvalue weighted by atomic mass is 19.4. The summed E-state index contributed by atoms with van der Waals surface area (Å²) in [6.45, 7) is 10.3. The number of pyridine rings is 1. The minimum absolute atomic E-state index is 0.0393. The molecule has 0 spiro atoms. The van der Waals surface area contributed by atoms with Crippen LogP contribution < -0.4 is 10.6 Å². The highest BCUT2D eigenvalue weighted by Crippen LogP contribution is 2.34. The molecule has 0 saturated carbocycles. The number of benzene rings is 1. The molecule has 2 N–H and O–H groups in total. The summed E-state index contributed by atoms with van der Waals surface area (Å²) < 4.78 is 41.0. The molecule has 0 aliphatic carbocycles. The van der Waals surface area contributed by atoms with Crippen molar-refractivity contribution in [2.24, 2.45) is 0 Å². The van der Waals surface area contributed by atoms with Gasteiger partial charge in [-0.2, -0.15) is 13.2 Å². The first kappa shape index (κ1) is 26.2. The molecule has 6 nitrogen and oxygen atoms in total. The molecule has 0 atom stereocenters. The van der Waals surface area contributed by atoms with Gasteiger partial charge in [-0.15, -0.1) is 6.42 Å². The Morgan fingerprint density at radius 1 is 1.09 bits per heavy atom. The van der Waals surface area contributed by atoms with E-state index in [0.717, 1.165) is 38.8 Å². The zero-order valence-corrected chi connectivity index (χ0v) is 19.2. The van der Waals surface area contributed by atoms with Gasteiger partial charge in [0.05, 0.1) is 5.56 Å². The lowest BCUT2D eigenvalue weighted by atomic mass is 10.0. The van der Waals surface area contributed by atoms with Gasteiger partial charge in [0.1, 0.15) is 5.82 Å². The zero-order valence-electron chi connectivity index (χ0n) is 19.2. The molecule has 2 amide bonds. The molecule has 1 aliphatic rings. The third-order valence-electron chi connectivity index (χ3n) is 5.15. The van der Waals surface area contributed by atoms with Gasteiger partial charge in [0.25, 0.3) is 0 Å². The topological polar surface area (TPSA) is 60.5 Å². The number of terminal acetylenes is 1. The van der Waals surface area contributed by atoms with Crippen LogP contribution in [-0.2, 0) is 12.7 Å². The molecule has 2 aromatic rings. The first-order valence-electron chi connectivity index (χ1n) is 10.9. The Kier molecular flexibility index (Phi) is 9.70. The van der Waals surface area contributed by atoms with Gasteiger partial charge in [-0.1, -0.05) is 32.8 Å². The van der Waals surface area contributed by atoms with Crippen LogP contribution in [0.15, 0.2) is 36.5 Å². The summed E-state index contributed by atoms with van der Waals surface area (Å²) in [5.41, 5.74) is -0.00580. The number of nitrogens with one attached hydrogen (secondary N) is 2. The van der Waals surface area contributed by atoms with E-state index in [2.05, 4.69) is 33.4 Å². The zero-order chi connectivity index (χ0) is 24.4. The third-order valence-corrected chi connectivity index (χ3v) is 5.15. The maximum atomic E-state index is 13.7. The van der Waals surface area contributed by atoms with Gasteiger partial charge in [0.15, 0.2) is 0 Å². The van der Waals surface area contributed by atoms with E-state index < -0.39 is 17.8 Å². The first-order valence-corrected chi connectivity index (χ1v) is 10.9. The van der Waals surface area contributed by atoms with Crippen LogP contribution in [0.25, 0.3) is 0 Å². The first-order chi connectivity index (χ1) is 15.8. The number of hydrogen-bond acceptors (Lipinski definition) is 4. The van der Waals surface area contributed by atoms with Crippen molar-refractivity contribution in [1.29, 1.82) is 0 Å². The predicted molar refractivity (Wildman–Crippen MR) is 125 cm³/mol. The number of carbonyl (C=O) groups is 1. The molecule has 0 radical (unpaired) electrons. The van der Waals surface area contributed by atoms with Crippen LogP contribution in [0.3, 0.4) is 0 Å². The highest BCUT2D eigenvalue weighted by molar-refractivity contribution is 5.99. The number of nitrogens with zero attached hydrogens (tertiary/aromatic N) is 3. The molecule has 1 fully saturated rings. The molecular formula is C24H30F3N5O. The van der Waals surface area contributed by atoms with Gasteiger partial charge in [0, 0.05) is 50.2 Å². The molecule has 0 bridgehead atoms. The number of alkyl halides is 3. The largest absolute Gasteiger partial charge is 0.416 e. The molecule has 9 heteroatoms. The van der Waals surface area contributed by atoms with Gasteiger partial charge < -0.3 is 10.2 Å². The summed E-state index contributed by atoms with van der Waals surface area (Å²) in [6, 6.07) is 6.22. The Balaban J connectivity index is 0.00000187. The van der Waals surface area contributed by atoms with Gasteiger partial charge in [-0.25, -0.2) is 9.78 Å². The number of urea groups is 1. The van der Waals surface area contributed by atoms with E-state index in [1.165, 1.54) is 24.4 Å². The van der Waals surface area contributed by atoms with Crippen molar-refractivity contribution in [2.45, 2.75) is 33.5 Å². The molecule has 2 heterocycles. The van der Waals surface area contributed by atoms with E-state index in [4.69, 9.17) is 6.42 Å². The van der Waals surface area contributed by atoms with Gasteiger partial charge in [-0.05, 0) is 36.4 Å². The number of halogens is 3. The average Bonchev–Trinajstić information content (AvgIpc) is 2.81. The standard InChI is InChI=1S/C22H24F3N5O.C2H6/c1-3-16-7-8-26-20(13-16)28-21(31)27-18-6-5-17(19(14-18)22(23,24)25)15-30-11-9-29(4-2)10-12-30;1-2/h1,5-8,13-14H,4,9-12,15H2,2H3,(H2,26,27,28,31);1-2H3. The SMILES string of the molecule is C#Cc1ccnc(NC(=O)Nc2ccc(CN3CCN(CC)CC3)c(C(F)(F)F)c2)c1.CC. The average molecular weight is 462 g/mol. The third kappa shape index (κ3) is 7.77. The quantitative estimate of drug-likeness (QED) is 0.623. The van der Waals surface area contributed by atoms with Crippen molar-refractivity contribution in [3.63, 3.8) is 0 Å². The van der Waals surface area contributed by atoms with Crippen molar-refractivity contribution in [2.75, 3.05) is 43.4 Å². The van der Waals surface area contributed by atoms with Crippen LogP contribution in [-0.4, -0.2) is 53.5 Å². The minimum atomic E-state index is -4.53. The molecule has 178 valence electrons. The van der Waals surface area contributed by atoms with Crippen LogP contribution in [0.1, 0.15) is 37.5 Å². The lowest BCUT2D eigenvalue weighted by Crippen LogP contribution is -2.45. The predicted octanol–water partition coefficient (Wildman–Crippen LogP) is 4.89. The number of hydrogen-bond donors (Lipinski definition) is 2. The Hall–Kier alpha value is -3.09. The molecule has 1 aromatic heterocycles. The summed E-state index contributed by atoms with van der Waals surface area (Å²) in [7, 11) is 0. The second-order valence-corrected chi connectivity index (χ2v) is 7.23. The number of aromatic nitrogens is 1. The second kappa shape index (κ2) is 12.2. The fourth-order valence-electron chi connectivity index (χ4n) is 3.43. The molecule has 1 saturated heterocycles. The Bertz CT molecular complexity index is 963. The number of likely N-dealkylation sites (N-methyl/N-ethyl adjacent to an activating group) is 1. The van der Waals surface area contributed by atoms with E-state index in [-0.39, 0.29) is 23.6 Å². The van der Waals surface area contributed by atoms with Crippen molar-refractivity contribution in [3.8, 4) is 12.3 Å². The lowest BCUT2D eigenvalue weighted by Gasteiger charge is -2.34. The normalized spacial score (nSPS) is 14.6. The van der Waals surface area contributed by atoms with Gasteiger partial charge >= 0.3 is 12.2 Å². The summed E-state index contributed by atoms with van der Waals surface area (Å²) in [5.74, 6) is 2.62. The van der Waals surface area contributed by atoms with Crippen molar-refractivity contribution in [3.05, 3.63) is 53.2 Å². The Labute approximate surface area is 193 Å². The second-order valence-electron chi connectivity index (χ2n) is 7.23. The molecule has 1 aliphatic heterocycles. The van der Waals surface area contributed by atoms with E-state index in [0.29, 0.717) is 5.56 Å². The van der Waals surface area contributed by atoms with Gasteiger partial charge in [-0.3, -0.25) is 10.2 Å². The minimum Gasteiger partial charge on any atom is -0.308 e. The lowest BCUT2D eigenvalue weighted by molar-refractivity contribution is -0.138. The summed E-state index contributed by atoms with van der Waals surface area (Å²) in [4.78, 5) is 20.4. The number of rotatable bonds is 5. The van der Waals surface area contributed by atoms with Crippen LogP contribution >= 0.6 is 0 Å².